The highest BCUT2D eigenvalue weighted by atomic mass is 35.5. The first-order valence-corrected chi connectivity index (χ1v) is 13.4. The number of halogens is 2. The fourth-order valence-corrected chi connectivity index (χ4v) is 6.50. The number of fused-ring (bicyclic) bond motifs is 2. The minimum Gasteiger partial charge on any atom is -0.326 e. The molecule has 1 saturated carbocycles. The summed E-state index contributed by atoms with van der Waals surface area (Å²) in [6.07, 6.45) is 4.44. The summed E-state index contributed by atoms with van der Waals surface area (Å²) in [5.41, 5.74) is 4.72. The standard InChI is InChI=1S/C28H33ClFN5O/c1-16(2)34-15-31-23-13-22(32-26(29)25(23)34)17-7-8-21-24(10-17)35(27(36)28(21,3)4)20-11-19(12-20)33-9-5-6-18(30)14-33/h7-8,10,13,15-16,18-20H,5-6,9,11-12,14H2,1-4H3/t18-,19?,20?/m0/s1. The normalized spacial score (nSPS) is 26.0. The number of anilines is 1. The highest BCUT2D eigenvalue weighted by Crippen LogP contribution is 2.47. The third-order valence-electron chi connectivity index (χ3n) is 8.41. The van der Waals surface area contributed by atoms with Gasteiger partial charge in [-0.15, -0.1) is 0 Å². The van der Waals surface area contributed by atoms with Crippen LogP contribution >= 0.6 is 11.6 Å². The summed E-state index contributed by atoms with van der Waals surface area (Å²) in [6, 6.07) is 8.86. The van der Waals surface area contributed by atoms with Gasteiger partial charge in [-0.25, -0.2) is 14.4 Å². The Balaban J connectivity index is 1.32. The van der Waals surface area contributed by atoms with Gasteiger partial charge in [-0.05, 0) is 77.6 Å². The van der Waals surface area contributed by atoms with E-state index in [-0.39, 0.29) is 18.0 Å². The van der Waals surface area contributed by atoms with Crippen molar-refractivity contribution < 1.29 is 9.18 Å². The Hall–Kier alpha value is -2.51. The van der Waals surface area contributed by atoms with Crippen LogP contribution in [0, 0.1) is 0 Å². The van der Waals surface area contributed by atoms with Crippen molar-refractivity contribution in [2.24, 2.45) is 0 Å². The van der Waals surface area contributed by atoms with Crippen LogP contribution in [0.1, 0.15) is 65.0 Å². The lowest BCUT2D eigenvalue weighted by atomic mass is 9.82. The van der Waals surface area contributed by atoms with Crippen molar-refractivity contribution in [2.45, 2.75) is 83.1 Å². The number of likely N-dealkylation sites (tertiary alicyclic amines) is 1. The van der Waals surface area contributed by atoms with Gasteiger partial charge in [-0.1, -0.05) is 23.7 Å². The molecule has 36 heavy (non-hydrogen) atoms. The molecule has 2 aromatic heterocycles. The number of benzene rings is 1. The van der Waals surface area contributed by atoms with E-state index in [1.165, 1.54) is 0 Å². The van der Waals surface area contributed by atoms with Crippen LogP contribution in [0.3, 0.4) is 0 Å². The number of amides is 1. The number of aromatic nitrogens is 3. The number of hydrogen-bond donors (Lipinski definition) is 0. The van der Waals surface area contributed by atoms with Gasteiger partial charge in [0, 0.05) is 35.9 Å². The SMILES string of the molecule is CC(C)n1cnc2cc(-c3ccc4c(c3)N(C3CC(N5CCC[C@H](F)C5)C3)C(=O)C4(C)C)nc(Cl)c21. The van der Waals surface area contributed by atoms with E-state index in [0.717, 1.165) is 59.3 Å². The summed E-state index contributed by atoms with van der Waals surface area (Å²) < 4.78 is 16.0. The third kappa shape index (κ3) is 3.66. The zero-order valence-corrected chi connectivity index (χ0v) is 22.1. The molecule has 1 saturated heterocycles. The van der Waals surface area contributed by atoms with E-state index in [2.05, 4.69) is 35.9 Å². The van der Waals surface area contributed by atoms with Crippen LogP contribution in [0.15, 0.2) is 30.6 Å². The molecule has 6 rings (SSSR count). The van der Waals surface area contributed by atoms with Crippen LogP contribution in [0.4, 0.5) is 10.1 Å². The molecule has 0 radical (unpaired) electrons. The predicted octanol–water partition coefficient (Wildman–Crippen LogP) is 5.92. The third-order valence-corrected chi connectivity index (χ3v) is 8.67. The number of carbonyl (C=O) groups is 1. The molecule has 6 nitrogen and oxygen atoms in total. The number of hydrogen-bond acceptors (Lipinski definition) is 4. The lowest BCUT2D eigenvalue weighted by Crippen LogP contribution is -2.58. The Morgan fingerprint density at radius 3 is 2.67 bits per heavy atom. The Labute approximate surface area is 216 Å². The quantitative estimate of drug-likeness (QED) is 0.409. The zero-order chi connectivity index (χ0) is 25.4. The summed E-state index contributed by atoms with van der Waals surface area (Å²) in [5, 5.41) is 0.428. The number of pyridine rings is 1. The van der Waals surface area contributed by atoms with Gasteiger partial charge in [0.1, 0.15) is 11.7 Å². The molecule has 4 heterocycles. The van der Waals surface area contributed by atoms with Gasteiger partial charge in [0.25, 0.3) is 0 Å². The van der Waals surface area contributed by atoms with Gasteiger partial charge in [-0.3, -0.25) is 9.69 Å². The number of rotatable bonds is 4. The lowest BCUT2D eigenvalue weighted by molar-refractivity contribution is -0.123. The van der Waals surface area contributed by atoms with Gasteiger partial charge in [-0.2, -0.15) is 0 Å². The molecule has 1 atom stereocenters. The Morgan fingerprint density at radius 1 is 1.17 bits per heavy atom. The van der Waals surface area contributed by atoms with Crippen molar-refractivity contribution in [1.29, 1.82) is 0 Å². The minimum absolute atomic E-state index is 0.136. The second-order valence-electron chi connectivity index (χ2n) is 11.5. The molecule has 3 aromatic rings. The Bertz CT molecular complexity index is 1350. The number of alkyl halides is 1. The molecular weight excluding hydrogens is 477 g/mol. The fraction of sp³-hybridized carbons (Fsp3) is 0.536. The average Bonchev–Trinajstić information content (AvgIpc) is 3.32. The van der Waals surface area contributed by atoms with Gasteiger partial charge < -0.3 is 9.47 Å². The van der Waals surface area contributed by atoms with Crippen LogP contribution in [-0.2, 0) is 10.2 Å². The van der Waals surface area contributed by atoms with Crippen molar-refractivity contribution in [2.75, 3.05) is 18.0 Å². The summed E-state index contributed by atoms with van der Waals surface area (Å²) in [4.78, 5) is 27.2. The highest BCUT2D eigenvalue weighted by molar-refractivity contribution is 6.34. The van der Waals surface area contributed by atoms with Gasteiger partial charge in [0.15, 0.2) is 5.15 Å². The average molecular weight is 510 g/mol. The van der Waals surface area contributed by atoms with Crippen molar-refractivity contribution in [1.82, 2.24) is 19.4 Å². The minimum atomic E-state index is -0.725. The van der Waals surface area contributed by atoms with Gasteiger partial charge in [0.05, 0.1) is 23.0 Å². The van der Waals surface area contributed by atoms with E-state index in [1.807, 2.05) is 35.4 Å². The molecular formula is C28H33ClFN5O. The first kappa shape index (κ1) is 23.9. The Morgan fingerprint density at radius 2 is 1.94 bits per heavy atom. The molecule has 1 amide bonds. The molecule has 3 aliphatic rings. The van der Waals surface area contributed by atoms with E-state index in [1.54, 1.807) is 6.33 Å². The largest absolute Gasteiger partial charge is 0.326 e. The zero-order valence-electron chi connectivity index (χ0n) is 21.3. The van der Waals surface area contributed by atoms with Crippen LogP contribution in [-0.4, -0.2) is 56.7 Å². The van der Waals surface area contributed by atoms with Crippen LogP contribution in [0.5, 0.6) is 0 Å². The van der Waals surface area contributed by atoms with Crippen LogP contribution in [0.25, 0.3) is 22.3 Å². The predicted molar refractivity (Wildman–Crippen MR) is 141 cm³/mol. The summed E-state index contributed by atoms with van der Waals surface area (Å²) in [5.74, 6) is 0.136. The number of piperidine rings is 1. The van der Waals surface area contributed by atoms with Crippen LogP contribution in [0.2, 0.25) is 5.15 Å². The molecule has 2 aliphatic heterocycles. The van der Waals surface area contributed by atoms with Gasteiger partial charge >= 0.3 is 0 Å². The molecule has 8 heteroatoms. The molecule has 190 valence electrons. The van der Waals surface area contributed by atoms with E-state index >= 15 is 0 Å². The second-order valence-corrected chi connectivity index (χ2v) is 11.8. The van der Waals surface area contributed by atoms with E-state index in [4.69, 9.17) is 16.6 Å². The summed E-state index contributed by atoms with van der Waals surface area (Å²) in [7, 11) is 0. The van der Waals surface area contributed by atoms with Crippen molar-refractivity contribution >= 4 is 34.2 Å². The van der Waals surface area contributed by atoms with E-state index in [9.17, 15) is 9.18 Å². The maximum absolute atomic E-state index is 14.0. The van der Waals surface area contributed by atoms with Crippen LogP contribution < -0.4 is 4.90 Å². The maximum Gasteiger partial charge on any atom is 0.237 e. The molecule has 0 bridgehead atoms. The van der Waals surface area contributed by atoms with E-state index in [0.29, 0.717) is 24.2 Å². The molecule has 2 fully saturated rings. The number of nitrogens with zero attached hydrogens (tertiary/aromatic N) is 5. The summed E-state index contributed by atoms with van der Waals surface area (Å²) in [6.45, 7) is 9.67. The monoisotopic (exact) mass is 509 g/mol. The Kier molecular flexibility index (Phi) is 5.65. The highest BCUT2D eigenvalue weighted by Gasteiger charge is 2.50. The summed E-state index contributed by atoms with van der Waals surface area (Å²) >= 11 is 6.63. The number of imidazole rings is 1. The first-order valence-electron chi connectivity index (χ1n) is 13.0. The molecule has 0 N–H and O–H groups in total. The maximum atomic E-state index is 14.0. The lowest BCUT2D eigenvalue weighted by Gasteiger charge is -2.48. The van der Waals surface area contributed by atoms with Crippen molar-refractivity contribution in [3.05, 3.63) is 41.3 Å². The topological polar surface area (TPSA) is 54.3 Å². The molecule has 1 aromatic carbocycles. The van der Waals surface area contributed by atoms with Gasteiger partial charge in [0.2, 0.25) is 5.91 Å². The fourth-order valence-electron chi connectivity index (χ4n) is 6.21. The van der Waals surface area contributed by atoms with Crippen molar-refractivity contribution in [3.63, 3.8) is 0 Å². The number of carbonyl (C=O) groups excluding carboxylic acids is 1. The molecule has 0 spiro atoms. The molecule has 1 aliphatic carbocycles. The molecule has 0 unspecified atom stereocenters. The van der Waals surface area contributed by atoms with E-state index < -0.39 is 11.6 Å². The first-order chi connectivity index (χ1) is 17.1. The smallest absolute Gasteiger partial charge is 0.237 e. The second kappa shape index (κ2) is 8.52. The van der Waals surface area contributed by atoms with Crippen molar-refractivity contribution in [3.8, 4) is 11.3 Å².